The van der Waals surface area contributed by atoms with Crippen LogP contribution in [-0.4, -0.2) is 24.0 Å². The van der Waals surface area contributed by atoms with E-state index in [0.29, 0.717) is 18.1 Å². The highest BCUT2D eigenvalue weighted by molar-refractivity contribution is 9.10. The largest absolute Gasteiger partial charge is 0.349 e. The second-order valence-corrected chi connectivity index (χ2v) is 8.18. The summed E-state index contributed by atoms with van der Waals surface area (Å²) >= 11 is 3.48. The fourth-order valence-corrected chi connectivity index (χ4v) is 5.04. The molecule has 2 heterocycles. The van der Waals surface area contributed by atoms with Crippen LogP contribution in [0.1, 0.15) is 41.6 Å². The van der Waals surface area contributed by atoms with Gasteiger partial charge in [-0.25, -0.2) is 0 Å². The van der Waals surface area contributed by atoms with Crippen molar-refractivity contribution < 1.29 is 9.69 Å². The summed E-state index contributed by atoms with van der Waals surface area (Å²) in [6.07, 6.45) is 4.76. The van der Waals surface area contributed by atoms with Crippen LogP contribution in [0, 0.1) is 0 Å². The molecule has 0 aromatic heterocycles. The fourth-order valence-electron chi connectivity index (χ4n) is 4.57. The summed E-state index contributed by atoms with van der Waals surface area (Å²) in [6.45, 7) is 1.11. The van der Waals surface area contributed by atoms with E-state index in [1.165, 1.54) is 18.4 Å². The van der Waals surface area contributed by atoms with E-state index in [-0.39, 0.29) is 5.91 Å². The molecule has 0 aliphatic carbocycles. The number of hydrogen-bond acceptors (Lipinski definition) is 1. The normalized spacial score (nSPS) is 27.9. The first-order valence-corrected chi connectivity index (χ1v) is 9.95. The Morgan fingerprint density at radius 1 is 1.00 bits per heavy atom. The van der Waals surface area contributed by atoms with E-state index in [0.717, 1.165) is 29.4 Å². The van der Waals surface area contributed by atoms with Crippen LogP contribution < -0.4 is 10.2 Å². The summed E-state index contributed by atoms with van der Waals surface area (Å²) in [5.41, 5.74) is 2.15. The molecule has 0 saturated carbocycles. The lowest BCUT2D eigenvalue weighted by molar-refractivity contribution is -0.954. The molecule has 2 aliphatic rings. The molecule has 130 valence electrons. The van der Waals surface area contributed by atoms with Crippen molar-refractivity contribution in [2.75, 3.05) is 0 Å². The first-order valence-electron chi connectivity index (χ1n) is 9.15. The minimum absolute atomic E-state index is 0.0448. The van der Waals surface area contributed by atoms with Crippen LogP contribution in [-0.2, 0) is 6.54 Å². The van der Waals surface area contributed by atoms with Crippen molar-refractivity contribution >= 4 is 21.8 Å². The third-order valence-corrected chi connectivity index (χ3v) is 6.45. The SMILES string of the molecule is O=C(NC1C[C@H]2CC[C@@H](C1)[NH+]2Cc1ccccc1)c1ccccc1Br. The van der Waals surface area contributed by atoms with Crippen LogP contribution in [0.4, 0.5) is 0 Å². The van der Waals surface area contributed by atoms with Gasteiger partial charge in [0.1, 0.15) is 6.54 Å². The molecule has 3 nitrogen and oxygen atoms in total. The molecule has 2 unspecified atom stereocenters. The van der Waals surface area contributed by atoms with Gasteiger partial charge in [0.15, 0.2) is 0 Å². The predicted molar refractivity (Wildman–Crippen MR) is 103 cm³/mol. The van der Waals surface area contributed by atoms with Gasteiger partial charge in [-0.2, -0.15) is 0 Å². The van der Waals surface area contributed by atoms with Gasteiger partial charge in [-0.3, -0.25) is 4.79 Å². The zero-order valence-corrected chi connectivity index (χ0v) is 15.8. The van der Waals surface area contributed by atoms with Crippen molar-refractivity contribution in [3.63, 3.8) is 0 Å². The van der Waals surface area contributed by atoms with Gasteiger partial charge in [-0.1, -0.05) is 42.5 Å². The van der Waals surface area contributed by atoms with Gasteiger partial charge < -0.3 is 10.2 Å². The predicted octanol–water partition coefficient (Wildman–Crippen LogP) is 2.96. The smallest absolute Gasteiger partial charge is 0.252 e. The van der Waals surface area contributed by atoms with Gasteiger partial charge in [0.2, 0.25) is 0 Å². The van der Waals surface area contributed by atoms with Crippen LogP contribution in [0.3, 0.4) is 0 Å². The summed E-state index contributed by atoms with van der Waals surface area (Å²) < 4.78 is 0.864. The molecule has 2 N–H and O–H groups in total. The van der Waals surface area contributed by atoms with Crippen molar-refractivity contribution in [2.45, 2.75) is 50.4 Å². The standard InChI is InChI=1S/C21H23BrN2O/c22-20-9-5-4-8-19(20)21(25)23-16-12-17-10-11-18(13-16)24(17)14-15-6-2-1-3-7-15/h1-9,16-18H,10-14H2,(H,23,25)/p+1/t16?,17-,18+. The molecule has 2 fully saturated rings. The van der Waals surface area contributed by atoms with Crippen molar-refractivity contribution in [1.82, 2.24) is 5.32 Å². The molecular formula is C21H24BrN2O+. The van der Waals surface area contributed by atoms with Gasteiger partial charge in [0.05, 0.1) is 17.6 Å². The molecule has 2 bridgehead atoms. The second-order valence-electron chi connectivity index (χ2n) is 7.33. The number of benzene rings is 2. The quantitative estimate of drug-likeness (QED) is 0.813. The molecule has 4 atom stereocenters. The van der Waals surface area contributed by atoms with E-state index in [2.05, 4.69) is 51.6 Å². The van der Waals surface area contributed by atoms with E-state index in [4.69, 9.17) is 0 Å². The Labute approximate surface area is 157 Å². The Balaban J connectivity index is 1.40. The highest BCUT2D eigenvalue weighted by atomic mass is 79.9. The summed E-state index contributed by atoms with van der Waals surface area (Å²) in [5.74, 6) is 0.0448. The number of rotatable bonds is 4. The van der Waals surface area contributed by atoms with Gasteiger partial charge >= 0.3 is 0 Å². The molecule has 0 spiro atoms. The Kier molecular flexibility index (Phi) is 4.91. The number of fused-ring (bicyclic) bond motifs is 2. The lowest BCUT2D eigenvalue weighted by atomic mass is 9.96. The molecule has 25 heavy (non-hydrogen) atoms. The van der Waals surface area contributed by atoms with E-state index < -0.39 is 0 Å². The zero-order chi connectivity index (χ0) is 17.2. The molecule has 2 aromatic rings. The number of carbonyl (C=O) groups excluding carboxylic acids is 1. The maximum absolute atomic E-state index is 12.6. The average molecular weight is 400 g/mol. The zero-order valence-electron chi connectivity index (χ0n) is 14.2. The van der Waals surface area contributed by atoms with Gasteiger partial charge in [-0.05, 0) is 28.1 Å². The number of halogens is 1. The molecule has 4 rings (SSSR count). The Hall–Kier alpha value is -1.65. The minimum Gasteiger partial charge on any atom is -0.349 e. The molecule has 0 radical (unpaired) electrons. The maximum Gasteiger partial charge on any atom is 0.252 e. The van der Waals surface area contributed by atoms with Crippen molar-refractivity contribution in [2.24, 2.45) is 0 Å². The third kappa shape index (κ3) is 3.65. The Morgan fingerprint density at radius 2 is 1.64 bits per heavy atom. The number of carbonyl (C=O) groups is 1. The number of amides is 1. The Morgan fingerprint density at radius 3 is 2.32 bits per heavy atom. The fraction of sp³-hybridized carbons (Fsp3) is 0.381. The summed E-state index contributed by atoms with van der Waals surface area (Å²) in [7, 11) is 0. The van der Waals surface area contributed by atoms with E-state index in [1.54, 1.807) is 4.90 Å². The second kappa shape index (κ2) is 7.30. The minimum atomic E-state index is 0.0448. The van der Waals surface area contributed by atoms with Gasteiger partial charge in [0, 0.05) is 41.8 Å². The summed E-state index contributed by atoms with van der Waals surface area (Å²) in [4.78, 5) is 14.3. The monoisotopic (exact) mass is 399 g/mol. The highest BCUT2D eigenvalue weighted by Gasteiger charge is 2.44. The topological polar surface area (TPSA) is 33.5 Å². The summed E-state index contributed by atoms with van der Waals surface area (Å²) in [6, 6.07) is 20.1. The number of quaternary nitrogens is 1. The molecule has 2 saturated heterocycles. The van der Waals surface area contributed by atoms with E-state index in [1.807, 2.05) is 24.3 Å². The van der Waals surface area contributed by atoms with Crippen LogP contribution in [0.2, 0.25) is 0 Å². The number of nitrogens with one attached hydrogen (secondary N) is 2. The van der Waals surface area contributed by atoms with Crippen LogP contribution >= 0.6 is 15.9 Å². The molecule has 1 amide bonds. The maximum atomic E-state index is 12.6. The van der Waals surface area contributed by atoms with Crippen molar-refractivity contribution in [1.29, 1.82) is 0 Å². The van der Waals surface area contributed by atoms with Crippen LogP contribution in [0.15, 0.2) is 59.1 Å². The number of hydrogen-bond donors (Lipinski definition) is 2. The van der Waals surface area contributed by atoms with Crippen molar-refractivity contribution in [3.05, 3.63) is 70.2 Å². The van der Waals surface area contributed by atoms with Gasteiger partial charge in [-0.15, -0.1) is 0 Å². The molecular weight excluding hydrogens is 376 g/mol. The summed E-state index contributed by atoms with van der Waals surface area (Å²) in [5, 5.41) is 3.28. The molecule has 2 aliphatic heterocycles. The van der Waals surface area contributed by atoms with Crippen molar-refractivity contribution in [3.8, 4) is 0 Å². The lowest BCUT2D eigenvalue weighted by Gasteiger charge is -2.36. The third-order valence-electron chi connectivity index (χ3n) is 5.76. The Bertz CT molecular complexity index is 735. The van der Waals surface area contributed by atoms with Crippen LogP contribution in [0.5, 0.6) is 0 Å². The average Bonchev–Trinajstić information content (AvgIpc) is 2.85. The molecule has 4 heteroatoms. The first kappa shape index (κ1) is 16.8. The van der Waals surface area contributed by atoms with E-state index in [9.17, 15) is 4.79 Å². The first-order chi connectivity index (χ1) is 12.2. The highest BCUT2D eigenvalue weighted by Crippen LogP contribution is 2.24. The lowest BCUT2D eigenvalue weighted by Crippen LogP contribution is -3.17. The van der Waals surface area contributed by atoms with Crippen LogP contribution in [0.25, 0.3) is 0 Å². The van der Waals surface area contributed by atoms with E-state index >= 15 is 0 Å². The number of piperidine rings is 1. The van der Waals surface area contributed by atoms with Gasteiger partial charge in [0.25, 0.3) is 5.91 Å². The molecule has 2 aromatic carbocycles.